The second-order valence-corrected chi connectivity index (χ2v) is 5.40. The number of carboxylic acid groups (broad SMARTS) is 1. The summed E-state index contributed by atoms with van der Waals surface area (Å²) < 4.78 is 5.65. The van der Waals surface area contributed by atoms with Crippen molar-refractivity contribution in [3.05, 3.63) is 70.4 Å². The largest absolute Gasteiger partial charge is 0.489 e. The Kier molecular flexibility index (Phi) is 5.98. The molecule has 0 aliphatic heterocycles. The number of halogens is 1. The highest BCUT2D eigenvalue weighted by atomic mass is 35.5. The van der Waals surface area contributed by atoms with Crippen molar-refractivity contribution in [1.82, 2.24) is 5.32 Å². The first-order valence-corrected chi connectivity index (χ1v) is 7.52. The third-order valence-electron chi connectivity index (χ3n) is 3.08. The molecule has 24 heavy (non-hydrogen) atoms. The van der Waals surface area contributed by atoms with Crippen molar-refractivity contribution in [2.75, 3.05) is 0 Å². The summed E-state index contributed by atoms with van der Waals surface area (Å²) in [5.41, 5.74) is 1.32. The van der Waals surface area contributed by atoms with Crippen LogP contribution in [0.4, 0.5) is 0 Å². The van der Waals surface area contributed by atoms with Crippen molar-refractivity contribution < 1.29 is 19.4 Å². The zero-order chi connectivity index (χ0) is 17.5. The molecule has 0 saturated carbocycles. The molecule has 0 fully saturated rings. The molecule has 2 rings (SSSR count). The first-order valence-electron chi connectivity index (χ1n) is 7.14. The summed E-state index contributed by atoms with van der Waals surface area (Å²) in [4.78, 5) is 22.1. The molecule has 0 aliphatic rings. The molecule has 0 saturated heterocycles. The Balaban J connectivity index is 2.06. The van der Waals surface area contributed by atoms with E-state index in [1.807, 2.05) is 18.2 Å². The minimum absolute atomic E-state index is 0.188. The van der Waals surface area contributed by atoms with Gasteiger partial charge in [-0.3, -0.25) is 4.79 Å². The quantitative estimate of drug-likeness (QED) is 0.786. The Morgan fingerprint density at radius 2 is 1.83 bits per heavy atom. The summed E-state index contributed by atoms with van der Waals surface area (Å²) in [7, 11) is 0. The zero-order valence-corrected chi connectivity index (χ0v) is 13.7. The van der Waals surface area contributed by atoms with Crippen LogP contribution in [0.2, 0.25) is 5.02 Å². The van der Waals surface area contributed by atoms with E-state index in [1.54, 1.807) is 30.3 Å². The number of nitrogens with one attached hydrogen (secondary N) is 1. The van der Waals surface area contributed by atoms with E-state index < -0.39 is 11.9 Å². The summed E-state index contributed by atoms with van der Waals surface area (Å²) in [5.74, 6) is -1.02. The third-order valence-corrected chi connectivity index (χ3v) is 3.45. The molecule has 5 nitrogen and oxygen atoms in total. The van der Waals surface area contributed by atoms with Crippen molar-refractivity contribution in [1.29, 1.82) is 0 Å². The molecule has 2 aromatic carbocycles. The lowest BCUT2D eigenvalue weighted by atomic mass is 10.2. The average Bonchev–Trinajstić information content (AvgIpc) is 2.54. The van der Waals surface area contributed by atoms with E-state index in [-0.39, 0.29) is 5.70 Å². The molecule has 0 aromatic heterocycles. The maximum absolute atomic E-state index is 11.1. The Morgan fingerprint density at radius 3 is 2.42 bits per heavy atom. The van der Waals surface area contributed by atoms with Crippen LogP contribution in [0.3, 0.4) is 0 Å². The number of rotatable bonds is 6. The van der Waals surface area contributed by atoms with Crippen LogP contribution in [0, 0.1) is 0 Å². The third kappa shape index (κ3) is 5.14. The van der Waals surface area contributed by atoms with Gasteiger partial charge in [0.2, 0.25) is 5.91 Å². The smallest absolute Gasteiger partial charge is 0.352 e. The number of hydrogen-bond acceptors (Lipinski definition) is 3. The Labute approximate surface area is 144 Å². The van der Waals surface area contributed by atoms with Crippen LogP contribution in [0.5, 0.6) is 5.75 Å². The lowest BCUT2D eigenvalue weighted by Crippen LogP contribution is -2.24. The van der Waals surface area contributed by atoms with Crippen LogP contribution < -0.4 is 10.1 Å². The zero-order valence-electron chi connectivity index (χ0n) is 13.0. The van der Waals surface area contributed by atoms with Crippen LogP contribution in [0.25, 0.3) is 6.08 Å². The number of benzene rings is 2. The predicted molar refractivity (Wildman–Crippen MR) is 91.7 cm³/mol. The van der Waals surface area contributed by atoms with Gasteiger partial charge in [0, 0.05) is 17.5 Å². The average molecular weight is 346 g/mol. The topological polar surface area (TPSA) is 75.6 Å². The number of hydrogen-bond donors (Lipinski definition) is 2. The Morgan fingerprint density at radius 1 is 1.17 bits per heavy atom. The monoisotopic (exact) mass is 345 g/mol. The molecule has 0 aliphatic carbocycles. The summed E-state index contributed by atoms with van der Waals surface area (Å²) in [6, 6.07) is 14.2. The predicted octanol–water partition coefficient (Wildman–Crippen LogP) is 3.48. The number of carbonyl (C=O) groups excluding carboxylic acids is 1. The second kappa shape index (κ2) is 8.17. The summed E-state index contributed by atoms with van der Waals surface area (Å²) in [5, 5.41) is 12.0. The minimum Gasteiger partial charge on any atom is -0.489 e. The van der Waals surface area contributed by atoms with Gasteiger partial charge in [0.1, 0.15) is 18.1 Å². The van der Waals surface area contributed by atoms with Gasteiger partial charge in [-0.2, -0.15) is 0 Å². The van der Waals surface area contributed by atoms with Crippen molar-refractivity contribution in [2.24, 2.45) is 0 Å². The highest BCUT2D eigenvalue weighted by molar-refractivity contribution is 6.31. The van der Waals surface area contributed by atoms with Gasteiger partial charge in [0.05, 0.1) is 0 Å². The standard InChI is InChI=1S/C18H16ClNO4/c1-12(21)20-17(18(22)23)10-13-6-8-15(9-7-13)24-11-14-4-2-3-5-16(14)19/h2-10H,11H2,1H3,(H,20,21)(H,22,23)/b17-10+. The molecular weight excluding hydrogens is 330 g/mol. The molecule has 0 spiro atoms. The fourth-order valence-electron chi connectivity index (χ4n) is 1.94. The SMILES string of the molecule is CC(=O)N/C(=C/c1ccc(OCc2ccccc2Cl)cc1)C(=O)O. The van der Waals surface area contributed by atoms with Gasteiger partial charge in [-0.1, -0.05) is 41.9 Å². The van der Waals surface area contributed by atoms with Gasteiger partial charge in [-0.05, 0) is 29.8 Å². The maximum Gasteiger partial charge on any atom is 0.352 e. The van der Waals surface area contributed by atoms with Gasteiger partial charge in [-0.25, -0.2) is 4.79 Å². The Hall–Kier alpha value is -2.79. The number of aliphatic carboxylic acids is 1. The van der Waals surface area contributed by atoms with Gasteiger partial charge in [0.25, 0.3) is 0 Å². The van der Waals surface area contributed by atoms with Crippen LogP contribution in [-0.2, 0) is 16.2 Å². The first-order chi connectivity index (χ1) is 11.5. The van der Waals surface area contributed by atoms with Crippen LogP contribution >= 0.6 is 11.6 Å². The molecule has 0 atom stereocenters. The van der Waals surface area contributed by atoms with E-state index in [2.05, 4.69) is 5.32 Å². The molecule has 0 unspecified atom stereocenters. The van der Waals surface area contributed by atoms with Crippen molar-refractivity contribution in [3.63, 3.8) is 0 Å². The molecule has 0 radical (unpaired) electrons. The normalized spacial score (nSPS) is 11.0. The molecule has 2 N–H and O–H groups in total. The molecule has 0 bridgehead atoms. The molecule has 2 aromatic rings. The summed E-state index contributed by atoms with van der Waals surface area (Å²) in [6.07, 6.45) is 1.38. The summed E-state index contributed by atoms with van der Waals surface area (Å²) in [6.45, 7) is 1.59. The van der Waals surface area contributed by atoms with E-state index in [1.165, 1.54) is 13.0 Å². The van der Waals surface area contributed by atoms with Crippen molar-refractivity contribution >= 4 is 29.6 Å². The highest BCUT2D eigenvalue weighted by Crippen LogP contribution is 2.19. The fourth-order valence-corrected chi connectivity index (χ4v) is 2.13. The van der Waals surface area contributed by atoms with Crippen molar-refractivity contribution in [3.8, 4) is 5.75 Å². The summed E-state index contributed by atoms with van der Waals surface area (Å²) >= 11 is 6.07. The Bertz CT molecular complexity index is 769. The lowest BCUT2D eigenvalue weighted by Gasteiger charge is -2.08. The van der Waals surface area contributed by atoms with Crippen LogP contribution in [-0.4, -0.2) is 17.0 Å². The molecule has 0 heterocycles. The lowest BCUT2D eigenvalue weighted by molar-refractivity contribution is -0.134. The fraction of sp³-hybridized carbons (Fsp3) is 0.111. The maximum atomic E-state index is 11.1. The van der Waals surface area contributed by atoms with Gasteiger partial charge >= 0.3 is 5.97 Å². The van der Waals surface area contributed by atoms with Crippen LogP contribution in [0.1, 0.15) is 18.1 Å². The van der Waals surface area contributed by atoms with Crippen LogP contribution in [0.15, 0.2) is 54.2 Å². The molecule has 6 heteroatoms. The number of amides is 1. The molecular formula is C18H16ClNO4. The van der Waals surface area contributed by atoms with E-state index in [4.69, 9.17) is 21.4 Å². The minimum atomic E-state index is -1.20. The number of carboxylic acids is 1. The van der Waals surface area contributed by atoms with Crippen molar-refractivity contribution in [2.45, 2.75) is 13.5 Å². The second-order valence-electron chi connectivity index (χ2n) is 4.99. The van der Waals surface area contributed by atoms with E-state index in [9.17, 15) is 9.59 Å². The van der Waals surface area contributed by atoms with E-state index in [0.29, 0.717) is 22.9 Å². The molecule has 124 valence electrons. The van der Waals surface area contributed by atoms with Gasteiger partial charge in [-0.15, -0.1) is 0 Å². The molecule has 1 amide bonds. The van der Waals surface area contributed by atoms with E-state index in [0.717, 1.165) is 5.56 Å². The number of ether oxygens (including phenoxy) is 1. The van der Waals surface area contributed by atoms with Gasteiger partial charge in [0.15, 0.2) is 0 Å². The van der Waals surface area contributed by atoms with Gasteiger partial charge < -0.3 is 15.2 Å². The van der Waals surface area contributed by atoms with E-state index >= 15 is 0 Å². The number of carbonyl (C=O) groups is 2. The highest BCUT2D eigenvalue weighted by Gasteiger charge is 2.08. The first kappa shape index (κ1) is 17.6.